The molecule has 1 atom stereocenters. The van der Waals surface area contributed by atoms with E-state index in [0.717, 1.165) is 16.7 Å². The van der Waals surface area contributed by atoms with Gasteiger partial charge in [-0.3, -0.25) is 9.59 Å². The number of aryl methyl sites for hydroxylation is 1. The van der Waals surface area contributed by atoms with E-state index >= 15 is 0 Å². The minimum absolute atomic E-state index is 0.0295. The Morgan fingerprint density at radius 1 is 1.05 bits per heavy atom. The molecule has 2 aromatic rings. The average molecular weight is 505 g/mol. The molecule has 4 N–H and O–H groups in total. The van der Waals surface area contributed by atoms with E-state index in [4.69, 9.17) is 9.84 Å². The molecule has 1 aliphatic heterocycles. The van der Waals surface area contributed by atoms with Gasteiger partial charge in [0.2, 0.25) is 5.91 Å². The summed E-state index contributed by atoms with van der Waals surface area (Å²) in [6.07, 6.45) is 9.84. The molecule has 1 heterocycles. The van der Waals surface area contributed by atoms with Crippen LogP contribution in [-0.2, 0) is 9.59 Å². The van der Waals surface area contributed by atoms with E-state index in [1.165, 1.54) is 14.0 Å². The minimum Gasteiger partial charge on any atom is -0.495 e. The Morgan fingerprint density at radius 2 is 1.81 bits per heavy atom. The number of anilines is 2. The molecule has 9 heteroatoms. The summed E-state index contributed by atoms with van der Waals surface area (Å²) in [6.45, 7) is 3.73. The van der Waals surface area contributed by atoms with Crippen molar-refractivity contribution in [3.05, 3.63) is 89.8 Å². The third-order valence-electron chi connectivity index (χ3n) is 5.74. The topological polar surface area (TPSA) is 120 Å². The maximum Gasteiger partial charge on any atom is 0.323 e. The van der Waals surface area contributed by atoms with Crippen LogP contribution in [0.2, 0.25) is 0 Å². The predicted molar refractivity (Wildman–Crippen MR) is 143 cm³/mol. The lowest BCUT2D eigenvalue weighted by atomic mass is 9.97. The molecule has 2 aromatic carbocycles. The summed E-state index contributed by atoms with van der Waals surface area (Å²) in [5, 5.41) is 17.5. The SMILES string of the molecule is COc1cc(C(CC2=CC=CN(CCC(=O)O)C=C2)NC(C)=O)ccc1NC(=O)Nc1ccccc1C. The molecule has 3 amide bonds. The third-order valence-corrected chi connectivity index (χ3v) is 5.74. The Labute approximate surface area is 216 Å². The van der Waals surface area contributed by atoms with Crippen LogP contribution < -0.4 is 20.7 Å². The van der Waals surface area contributed by atoms with Gasteiger partial charge in [-0.05, 0) is 60.4 Å². The van der Waals surface area contributed by atoms with Crippen molar-refractivity contribution in [3.8, 4) is 5.75 Å². The zero-order valence-corrected chi connectivity index (χ0v) is 21.2. The van der Waals surface area contributed by atoms with Crippen LogP contribution in [0.5, 0.6) is 5.75 Å². The standard InChI is InChI=1S/C28H32N4O5/c1-19-7-4-5-9-23(19)30-28(36)31-24-11-10-22(18-26(24)37-3)25(29-20(2)33)17-21-8-6-14-32(15-12-21)16-13-27(34)35/h4-12,14-15,18,25H,13,16-17H2,1-3H3,(H,29,33)(H,34,35)(H2,30,31,36). The van der Waals surface area contributed by atoms with Gasteiger partial charge >= 0.3 is 12.0 Å². The van der Waals surface area contributed by atoms with Crippen molar-refractivity contribution in [1.82, 2.24) is 10.2 Å². The maximum absolute atomic E-state index is 12.6. The summed E-state index contributed by atoms with van der Waals surface area (Å²) in [5.41, 5.74) is 3.90. The average Bonchev–Trinajstić information content (AvgIpc) is 3.08. The number of urea groups is 1. The summed E-state index contributed by atoms with van der Waals surface area (Å²) >= 11 is 0. The van der Waals surface area contributed by atoms with E-state index in [1.54, 1.807) is 17.0 Å². The zero-order valence-electron chi connectivity index (χ0n) is 21.2. The molecule has 0 saturated carbocycles. The normalized spacial score (nSPS) is 13.3. The summed E-state index contributed by atoms with van der Waals surface area (Å²) in [7, 11) is 1.52. The van der Waals surface area contributed by atoms with Crippen molar-refractivity contribution in [1.29, 1.82) is 0 Å². The summed E-state index contributed by atoms with van der Waals surface area (Å²) < 4.78 is 5.54. The molecule has 0 saturated heterocycles. The Morgan fingerprint density at radius 3 is 2.51 bits per heavy atom. The molecule has 0 fully saturated rings. The second-order valence-electron chi connectivity index (χ2n) is 8.59. The number of nitrogens with one attached hydrogen (secondary N) is 3. The second-order valence-corrected chi connectivity index (χ2v) is 8.59. The number of carbonyl (C=O) groups is 3. The Kier molecular flexibility index (Phi) is 9.48. The number of benzene rings is 2. The van der Waals surface area contributed by atoms with E-state index in [2.05, 4.69) is 16.0 Å². The number of aliphatic carboxylic acids is 1. The molecule has 0 bridgehead atoms. The highest BCUT2D eigenvalue weighted by molar-refractivity contribution is 6.01. The maximum atomic E-state index is 12.6. The molecule has 0 aromatic heterocycles. The Balaban J connectivity index is 1.74. The molecule has 1 aliphatic rings. The molecule has 37 heavy (non-hydrogen) atoms. The highest BCUT2D eigenvalue weighted by atomic mass is 16.5. The van der Waals surface area contributed by atoms with Gasteiger partial charge < -0.3 is 30.7 Å². The van der Waals surface area contributed by atoms with E-state index in [-0.39, 0.29) is 18.4 Å². The zero-order chi connectivity index (χ0) is 26.8. The second kappa shape index (κ2) is 13.0. The fraction of sp³-hybridized carbons (Fsp3) is 0.250. The van der Waals surface area contributed by atoms with Crippen molar-refractivity contribution in [3.63, 3.8) is 0 Å². The largest absolute Gasteiger partial charge is 0.495 e. The van der Waals surface area contributed by atoms with Crippen LogP contribution >= 0.6 is 0 Å². The fourth-order valence-corrected chi connectivity index (χ4v) is 3.83. The van der Waals surface area contributed by atoms with Crippen LogP contribution in [0.3, 0.4) is 0 Å². The van der Waals surface area contributed by atoms with Crippen molar-refractivity contribution in [2.45, 2.75) is 32.7 Å². The summed E-state index contributed by atoms with van der Waals surface area (Å²) in [5.74, 6) is -0.581. The molecule has 3 rings (SSSR count). The molecule has 9 nitrogen and oxygen atoms in total. The van der Waals surface area contributed by atoms with Crippen LogP contribution in [0.1, 0.15) is 36.9 Å². The van der Waals surface area contributed by atoms with Gasteiger partial charge in [-0.25, -0.2) is 4.79 Å². The van der Waals surface area contributed by atoms with Crippen molar-refractivity contribution < 1.29 is 24.2 Å². The first-order chi connectivity index (χ1) is 17.7. The molecule has 0 radical (unpaired) electrons. The molecule has 0 spiro atoms. The van der Waals surface area contributed by atoms with E-state index < -0.39 is 12.0 Å². The molecular formula is C28H32N4O5. The lowest BCUT2D eigenvalue weighted by Gasteiger charge is -2.21. The Hall–Kier alpha value is -4.53. The third kappa shape index (κ3) is 8.28. The van der Waals surface area contributed by atoms with Crippen molar-refractivity contribution >= 4 is 29.3 Å². The molecule has 1 unspecified atom stereocenters. The molecule has 194 valence electrons. The van der Waals surface area contributed by atoms with Gasteiger partial charge in [0.15, 0.2) is 0 Å². The van der Waals surface area contributed by atoms with E-state index in [1.807, 2.05) is 67.9 Å². The number of carbonyl (C=O) groups excluding carboxylic acids is 2. The first-order valence-electron chi connectivity index (χ1n) is 11.9. The first-order valence-corrected chi connectivity index (χ1v) is 11.9. The number of allylic oxidation sites excluding steroid dienone is 3. The van der Waals surface area contributed by atoms with Crippen LogP contribution in [0.25, 0.3) is 0 Å². The molecule has 0 aliphatic carbocycles. The van der Waals surface area contributed by atoms with Gasteiger partial charge in [0, 0.05) is 31.6 Å². The minimum atomic E-state index is -0.857. The van der Waals surface area contributed by atoms with Crippen LogP contribution in [-0.4, -0.2) is 41.6 Å². The van der Waals surface area contributed by atoms with Crippen molar-refractivity contribution in [2.75, 3.05) is 24.3 Å². The number of carboxylic acid groups (broad SMARTS) is 1. The van der Waals surface area contributed by atoms with Crippen LogP contribution in [0.4, 0.5) is 16.2 Å². The Bertz CT molecular complexity index is 1230. The van der Waals surface area contributed by atoms with E-state index in [9.17, 15) is 14.4 Å². The smallest absolute Gasteiger partial charge is 0.323 e. The van der Waals surface area contributed by atoms with Crippen LogP contribution in [0, 0.1) is 6.92 Å². The monoisotopic (exact) mass is 504 g/mol. The van der Waals surface area contributed by atoms with Gasteiger partial charge in [-0.2, -0.15) is 0 Å². The van der Waals surface area contributed by atoms with Gasteiger partial charge in [-0.1, -0.05) is 30.3 Å². The summed E-state index contributed by atoms with van der Waals surface area (Å²) in [6, 6.07) is 12.1. The lowest BCUT2D eigenvalue weighted by molar-refractivity contribution is -0.137. The molecular weight excluding hydrogens is 472 g/mol. The number of hydrogen-bond donors (Lipinski definition) is 4. The number of hydrogen-bond acceptors (Lipinski definition) is 5. The number of nitrogens with zero attached hydrogens (tertiary/aromatic N) is 1. The first kappa shape index (κ1) is 27.1. The van der Waals surface area contributed by atoms with Gasteiger partial charge in [0.1, 0.15) is 5.75 Å². The lowest BCUT2D eigenvalue weighted by Crippen LogP contribution is -2.26. The number of para-hydroxylation sites is 1. The quantitative estimate of drug-likeness (QED) is 0.363. The number of amides is 3. The number of rotatable bonds is 10. The highest BCUT2D eigenvalue weighted by Gasteiger charge is 2.18. The van der Waals surface area contributed by atoms with Crippen molar-refractivity contribution in [2.24, 2.45) is 0 Å². The fourth-order valence-electron chi connectivity index (χ4n) is 3.83. The highest BCUT2D eigenvalue weighted by Crippen LogP contribution is 2.31. The van der Waals surface area contributed by atoms with Gasteiger partial charge in [0.25, 0.3) is 0 Å². The predicted octanol–water partition coefficient (Wildman–Crippen LogP) is 4.96. The number of ether oxygens (including phenoxy) is 1. The number of carboxylic acids is 1. The van der Waals surface area contributed by atoms with E-state index in [0.29, 0.717) is 30.1 Å². The van der Waals surface area contributed by atoms with Gasteiger partial charge in [0.05, 0.1) is 25.3 Å². The van der Waals surface area contributed by atoms with Crippen LogP contribution in [0.15, 0.2) is 78.7 Å². The number of methoxy groups -OCH3 is 1. The van der Waals surface area contributed by atoms with Gasteiger partial charge in [-0.15, -0.1) is 0 Å². The summed E-state index contributed by atoms with van der Waals surface area (Å²) in [4.78, 5) is 37.2.